The Morgan fingerprint density at radius 3 is 2.77 bits per heavy atom. The second kappa shape index (κ2) is 7.74. The highest BCUT2D eigenvalue weighted by Crippen LogP contribution is 2.17. The van der Waals surface area contributed by atoms with Gasteiger partial charge in [0.2, 0.25) is 5.91 Å². The lowest BCUT2D eigenvalue weighted by atomic mass is 10.1. The van der Waals surface area contributed by atoms with Crippen molar-refractivity contribution in [2.75, 3.05) is 33.4 Å². The zero-order chi connectivity index (χ0) is 16.1. The summed E-state index contributed by atoms with van der Waals surface area (Å²) in [4.78, 5) is 14.5. The smallest absolute Gasteiger partial charge is 0.227 e. The van der Waals surface area contributed by atoms with Crippen molar-refractivity contribution < 1.29 is 14.3 Å². The van der Waals surface area contributed by atoms with Gasteiger partial charge in [0.15, 0.2) is 0 Å². The summed E-state index contributed by atoms with van der Waals surface area (Å²) in [7, 11) is 3.58. The van der Waals surface area contributed by atoms with Crippen molar-refractivity contribution in [1.82, 2.24) is 14.7 Å². The second-order valence-corrected chi connectivity index (χ2v) is 5.92. The van der Waals surface area contributed by atoms with Crippen LogP contribution >= 0.6 is 0 Å². The van der Waals surface area contributed by atoms with Gasteiger partial charge < -0.3 is 14.4 Å². The Balaban J connectivity index is 1.91. The van der Waals surface area contributed by atoms with Crippen LogP contribution in [0, 0.1) is 13.8 Å². The third-order valence-corrected chi connectivity index (χ3v) is 4.36. The zero-order valence-electron chi connectivity index (χ0n) is 14.1. The molecule has 1 aliphatic rings. The molecule has 1 amide bonds. The lowest BCUT2D eigenvalue weighted by molar-refractivity contribution is -0.134. The molecular weight excluding hydrogens is 282 g/mol. The minimum atomic E-state index is 0.129. The molecule has 1 aromatic heterocycles. The number of hydrogen-bond donors (Lipinski definition) is 0. The van der Waals surface area contributed by atoms with Gasteiger partial charge in [-0.15, -0.1) is 0 Å². The summed E-state index contributed by atoms with van der Waals surface area (Å²) >= 11 is 0. The molecule has 6 heteroatoms. The molecule has 6 nitrogen and oxygen atoms in total. The highest BCUT2D eigenvalue weighted by atomic mass is 16.5. The van der Waals surface area contributed by atoms with Gasteiger partial charge >= 0.3 is 0 Å². The number of piperidine rings is 1. The molecule has 1 aliphatic heterocycles. The highest BCUT2D eigenvalue weighted by molar-refractivity contribution is 5.79. The van der Waals surface area contributed by atoms with Crippen LogP contribution in [0.2, 0.25) is 0 Å². The molecule has 1 fully saturated rings. The third kappa shape index (κ3) is 4.08. The van der Waals surface area contributed by atoms with Crippen molar-refractivity contribution in [3.63, 3.8) is 0 Å². The molecule has 0 aliphatic carbocycles. The van der Waals surface area contributed by atoms with E-state index in [9.17, 15) is 4.79 Å². The van der Waals surface area contributed by atoms with E-state index in [-0.39, 0.29) is 12.0 Å². The topological polar surface area (TPSA) is 56.6 Å². The van der Waals surface area contributed by atoms with Crippen molar-refractivity contribution in [3.8, 4) is 0 Å². The van der Waals surface area contributed by atoms with Crippen LogP contribution in [0.15, 0.2) is 0 Å². The Hall–Kier alpha value is -1.40. The van der Waals surface area contributed by atoms with Crippen molar-refractivity contribution in [2.24, 2.45) is 7.05 Å². The molecule has 0 aromatic carbocycles. The van der Waals surface area contributed by atoms with Crippen LogP contribution in [0.1, 0.15) is 29.8 Å². The Morgan fingerprint density at radius 2 is 2.14 bits per heavy atom. The number of hydrogen-bond acceptors (Lipinski definition) is 4. The molecule has 0 spiro atoms. The van der Waals surface area contributed by atoms with Crippen molar-refractivity contribution in [3.05, 3.63) is 17.0 Å². The number of likely N-dealkylation sites (tertiary alicyclic amines) is 1. The Labute approximate surface area is 132 Å². The largest absolute Gasteiger partial charge is 0.382 e. The monoisotopic (exact) mass is 309 g/mol. The van der Waals surface area contributed by atoms with E-state index in [1.807, 2.05) is 30.5 Å². The summed E-state index contributed by atoms with van der Waals surface area (Å²) in [5.41, 5.74) is 3.06. The van der Waals surface area contributed by atoms with E-state index in [0.717, 1.165) is 36.3 Å². The number of aromatic nitrogens is 2. The fourth-order valence-electron chi connectivity index (χ4n) is 2.94. The van der Waals surface area contributed by atoms with E-state index in [1.54, 1.807) is 7.11 Å². The molecule has 124 valence electrons. The summed E-state index contributed by atoms with van der Waals surface area (Å²) < 4.78 is 12.6. The number of methoxy groups -OCH3 is 1. The predicted molar refractivity (Wildman–Crippen MR) is 83.8 cm³/mol. The maximum Gasteiger partial charge on any atom is 0.227 e. The molecular formula is C16H27N3O3. The van der Waals surface area contributed by atoms with E-state index in [4.69, 9.17) is 9.47 Å². The first-order valence-corrected chi connectivity index (χ1v) is 7.90. The number of rotatable bonds is 6. The number of aryl methyl sites for hydroxylation is 2. The van der Waals surface area contributed by atoms with Gasteiger partial charge in [-0.05, 0) is 26.7 Å². The quantitative estimate of drug-likeness (QED) is 0.742. The number of carbonyl (C=O) groups excluding carboxylic acids is 1. The van der Waals surface area contributed by atoms with E-state index < -0.39 is 0 Å². The van der Waals surface area contributed by atoms with Gasteiger partial charge in [-0.3, -0.25) is 9.48 Å². The van der Waals surface area contributed by atoms with Gasteiger partial charge in [0.05, 0.1) is 31.4 Å². The van der Waals surface area contributed by atoms with Crippen LogP contribution in [0.3, 0.4) is 0 Å². The van der Waals surface area contributed by atoms with Gasteiger partial charge in [0.1, 0.15) is 0 Å². The summed E-state index contributed by atoms with van der Waals surface area (Å²) in [6.07, 6.45) is 2.56. The Bertz CT molecular complexity index is 513. The summed E-state index contributed by atoms with van der Waals surface area (Å²) in [6, 6.07) is 0. The minimum Gasteiger partial charge on any atom is -0.382 e. The van der Waals surface area contributed by atoms with Crippen LogP contribution in [-0.4, -0.2) is 60.1 Å². The number of nitrogens with zero attached hydrogens (tertiary/aromatic N) is 3. The average molecular weight is 309 g/mol. The maximum atomic E-state index is 12.6. The van der Waals surface area contributed by atoms with Gasteiger partial charge in [0, 0.05) is 38.5 Å². The zero-order valence-corrected chi connectivity index (χ0v) is 14.1. The van der Waals surface area contributed by atoms with Crippen molar-refractivity contribution >= 4 is 5.91 Å². The summed E-state index contributed by atoms with van der Waals surface area (Å²) in [5, 5.41) is 4.38. The molecule has 0 saturated carbocycles. The third-order valence-electron chi connectivity index (χ3n) is 4.36. The predicted octanol–water partition coefficient (Wildman–Crippen LogP) is 1.23. The molecule has 1 unspecified atom stereocenters. The Morgan fingerprint density at radius 1 is 1.36 bits per heavy atom. The van der Waals surface area contributed by atoms with Gasteiger partial charge in [-0.2, -0.15) is 5.10 Å². The molecule has 0 bridgehead atoms. The average Bonchev–Trinajstić information content (AvgIpc) is 2.74. The minimum absolute atomic E-state index is 0.129. The summed E-state index contributed by atoms with van der Waals surface area (Å²) in [5.74, 6) is 0.166. The first-order valence-electron chi connectivity index (χ1n) is 7.90. The van der Waals surface area contributed by atoms with E-state index in [0.29, 0.717) is 26.2 Å². The SMILES string of the molecule is COCCOC1CCCN(C(=O)Cc2c(C)nn(C)c2C)C1. The summed E-state index contributed by atoms with van der Waals surface area (Å²) in [6.45, 7) is 6.66. The molecule has 2 heterocycles. The van der Waals surface area contributed by atoms with Crippen LogP contribution in [0.4, 0.5) is 0 Å². The van der Waals surface area contributed by atoms with Crippen LogP contribution in [-0.2, 0) is 27.7 Å². The van der Waals surface area contributed by atoms with Gasteiger partial charge in [0.25, 0.3) is 0 Å². The van der Waals surface area contributed by atoms with Gasteiger partial charge in [-0.1, -0.05) is 0 Å². The van der Waals surface area contributed by atoms with Crippen LogP contribution < -0.4 is 0 Å². The standard InChI is InChI=1S/C16H27N3O3/c1-12-15(13(2)18(3)17-12)10-16(20)19-7-5-6-14(11-19)22-9-8-21-4/h14H,5-11H2,1-4H3. The highest BCUT2D eigenvalue weighted by Gasteiger charge is 2.25. The lowest BCUT2D eigenvalue weighted by Gasteiger charge is -2.32. The molecule has 1 aromatic rings. The first-order chi connectivity index (χ1) is 10.5. The Kier molecular flexibility index (Phi) is 5.97. The molecule has 2 rings (SSSR count). The maximum absolute atomic E-state index is 12.6. The normalized spacial score (nSPS) is 18.7. The molecule has 0 radical (unpaired) electrons. The second-order valence-electron chi connectivity index (χ2n) is 5.92. The number of carbonyl (C=O) groups is 1. The van der Waals surface area contributed by atoms with E-state index in [1.165, 1.54) is 0 Å². The van der Waals surface area contributed by atoms with Gasteiger partial charge in [-0.25, -0.2) is 0 Å². The van der Waals surface area contributed by atoms with E-state index >= 15 is 0 Å². The molecule has 1 saturated heterocycles. The van der Waals surface area contributed by atoms with Crippen molar-refractivity contribution in [1.29, 1.82) is 0 Å². The first kappa shape index (κ1) is 17.0. The van der Waals surface area contributed by atoms with E-state index in [2.05, 4.69) is 5.10 Å². The molecule has 1 atom stereocenters. The van der Waals surface area contributed by atoms with Crippen LogP contribution in [0.5, 0.6) is 0 Å². The van der Waals surface area contributed by atoms with Crippen molar-refractivity contribution in [2.45, 2.75) is 39.2 Å². The van der Waals surface area contributed by atoms with Crippen LogP contribution in [0.25, 0.3) is 0 Å². The fraction of sp³-hybridized carbons (Fsp3) is 0.750. The number of ether oxygens (including phenoxy) is 2. The molecule has 0 N–H and O–H groups in total. The molecule has 22 heavy (non-hydrogen) atoms. The number of amides is 1. The fourth-order valence-corrected chi connectivity index (χ4v) is 2.94. The lowest BCUT2D eigenvalue weighted by Crippen LogP contribution is -2.44.